The number of thioether (sulfide) groups is 1. The van der Waals surface area contributed by atoms with Gasteiger partial charge in [0.15, 0.2) is 11.5 Å². The van der Waals surface area contributed by atoms with Gasteiger partial charge in [0.1, 0.15) is 0 Å². The van der Waals surface area contributed by atoms with Gasteiger partial charge in [-0.3, -0.25) is 14.5 Å². The van der Waals surface area contributed by atoms with E-state index in [4.69, 9.17) is 21.1 Å². The number of nitrogens with zero attached hydrogens (tertiary/aromatic N) is 2. The zero-order chi connectivity index (χ0) is 22.4. The lowest BCUT2D eigenvalue weighted by atomic mass is 9.95. The predicted molar refractivity (Wildman–Crippen MR) is 125 cm³/mol. The Bertz CT molecular complexity index is 1130. The lowest BCUT2D eigenvalue weighted by Crippen LogP contribution is -2.27. The average molecular weight is 473 g/mol. The van der Waals surface area contributed by atoms with Crippen molar-refractivity contribution in [2.45, 2.75) is 58.5 Å². The maximum Gasteiger partial charge on any atom is 0.293 e. The van der Waals surface area contributed by atoms with Crippen molar-refractivity contribution in [3.8, 4) is 11.5 Å². The van der Waals surface area contributed by atoms with Crippen molar-refractivity contribution in [2.24, 2.45) is 0 Å². The molecule has 2 aromatic rings. The summed E-state index contributed by atoms with van der Waals surface area (Å²) < 4.78 is 13.1. The Kier molecular flexibility index (Phi) is 5.72. The summed E-state index contributed by atoms with van der Waals surface area (Å²) >= 11 is 7.33. The number of imide groups is 1. The Morgan fingerprint density at radius 3 is 2.56 bits per heavy atom. The van der Waals surface area contributed by atoms with Crippen LogP contribution in [0.3, 0.4) is 0 Å². The van der Waals surface area contributed by atoms with Crippen molar-refractivity contribution in [3.63, 3.8) is 0 Å². The fourth-order valence-electron chi connectivity index (χ4n) is 4.88. The predicted octanol–water partition coefficient (Wildman–Crippen LogP) is 6.23. The molecule has 1 aromatic carbocycles. The number of amides is 2. The highest BCUT2D eigenvalue weighted by Crippen LogP contribution is 2.40. The molecule has 0 spiro atoms. The number of halogens is 1. The van der Waals surface area contributed by atoms with Crippen LogP contribution in [-0.4, -0.2) is 27.4 Å². The van der Waals surface area contributed by atoms with Gasteiger partial charge in [-0.1, -0.05) is 30.9 Å². The molecule has 8 heteroatoms. The molecule has 0 atom stereocenters. The molecule has 0 radical (unpaired) electrons. The molecule has 1 aliphatic carbocycles. The maximum absolute atomic E-state index is 13.1. The van der Waals surface area contributed by atoms with E-state index >= 15 is 0 Å². The van der Waals surface area contributed by atoms with Gasteiger partial charge in [-0.15, -0.1) is 0 Å². The third kappa shape index (κ3) is 3.82. The van der Waals surface area contributed by atoms with E-state index in [1.807, 2.05) is 6.08 Å². The first kappa shape index (κ1) is 21.5. The summed E-state index contributed by atoms with van der Waals surface area (Å²) in [6, 6.07) is 6.03. The summed E-state index contributed by atoms with van der Waals surface area (Å²) in [6.45, 7) is 4.45. The quantitative estimate of drug-likeness (QED) is 0.493. The molecule has 3 aliphatic rings. The number of ether oxygens (including phenoxy) is 2. The Labute approximate surface area is 196 Å². The van der Waals surface area contributed by atoms with Gasteiger partial charge in [-0.2, -0.15) is 0 Å². The third-order valence-corrected chi connectivity index (χ3v) is 7.75. The van der Waals surface area contributed by atoms with Gasteiger partial charge in [0, 0.05) is 28.5 Å². The van der Waals surface area contributed by atoms with E-state index in [1.54, 1.807) is 12.1 Å². The van der Waals surface area contributed by atoms with Crippen LogP contribution in [0, 0.1) is 13.8 Å². The number of carbonyl (C=O) groups excluding carboxylic acids is 2. The Morgan fingerprint density at radius 1 is 1.09 bits per heavy atom. The van der Waals surface area contributed by atoms with Gasteiger partial charge in [-0.25, -0.2) is 0 Å². The first-order valence-corrected chi connectivity index (χ1v) is 12.1. The van der Waals surface area contributed by atoms with E-state index in [0.29, 0.717) is 33.0 Å². The maximum atomic E-state index is 13.1. The third-order valence-electron chi connectivity index (χ3n) is 6.49. The molecule has 5 rings (SSSR count). The standard InChI is InChI=1S/C24H25ClN2O4S/c1-14-8-16(15(2)27(14)18-6-4-3-5-7-18)10-22-23(28)26(24(29)32-22)12-17-9-20-21(11-19(17)25)31-13-30-20/h8-11,18H,3-7,12-13H2,1-2H3/b22-10-. The fraction of sp³-hybridized carbons (Fsp3) is 0.417. The van der Waals surface area contributed by atoms with Gasteiger partial charge < -0.3 is 14.0 Å². The van der Waals surface area contributed by atoms with Crippen LogP contribution in [0.5, 0.6) is 11.5 Å². The van der Waals surface area contributed by atoms with Gasteiger partial charge >= 0.3 is 0 Å². The second kappa shape index (κ2) is 8.52. The Morgan fingerprint density at radius 2 is 1.81 bits per heavy atom. The van der Waals surface area contributed by atoms with Crippen LogP contribution in [0.25, 0.3) is 6.08 Å². The molecule has 0 N–H and O–H groups in total. The number of benzene rings is 1. The first-order chi connectivity index (χ1) is 15.4. The smallest absolute Gasteiger partial charge is 0.293 e. The van der Waals surface area contributed by atoms with Gasteiger partial charge in [0.2, 0.25) is 6.79 Å². The van der Waals surface area contributed by atoms with Crippen LogP contribution in [0.4, 0.5) is 4.79 Å². The molecular formula is C24H25ClN2O4S. The van der Waals surface area contributed by atoms with E-state index in [1.165, 1.54) is 42.7 Å². The minimum atomic E-state index is -0.295. The summed E-state index contributed by atoms with van der Waals surface area (Å²) in [5.41, 5.74) is 4.00. The highest BCUT2D eigenvalue weighted by molar-refractivity contribution is 8.18. The monoisotopic (exact) mass is 472 g/mol. The van der Waals surface area contributed by atoms with E-state index < -0.39 is 0 Å². The molecule has 6 nitrogen and oxygen atoms in total. The number of hydrogen-bond donors (Lipinski definition) is 0. The van der Waals surface area contributed by atoms with Crippen molar-refractivity contribution in [1.29, 1.82) is 0 Å². The van der Waals surface area contributed by atoms with Crippen molar-refractivity contribution in [1.82, 2.24) is 9.47 Å². The molecule has 0 bridgehead atoms. The molecule has 2 fully saturated rings. The van der Waals surface area contributed by atoms with E-state index in [9.17, 15) is 9.59 Å². The molecule has 2 aliphatic heterocycles. The van der Waals surface area contributed by atoms with Gasteiger partial charge in [-0.05, 0) is 67.8 Å². The lowest BCUT2D eigenvalue weighted by molar-refractivity contribution is -0.123. The Hall–Kier alpha value is -2.38. The number of hydrogen-bond acceptors (Lipinski definition) is 5. The lowest BCUT2D eigenvalue weighted by Gasteiger charge is -2.26. The summed E-state index contributed by atoms with van der Waals surface area (Å²) in [6.07, 6.45) is 8.08. The zero-order valence-corrected chi connectivity index (χ0v) is 19.7. The van der Waals surface area contributed by atoms with Crippen LogP contribution in [0.2, 0.25) is 5.02 Å². The van der Waals surface area contributed by atoms with E-state index in [2.05, 4.69) is 24.5 Å². The highest BCUT2D eigenvalue weighted by Gasteiger charge is 2.36. The zero-order valence-electron chi connectivity index (χ0n) is 18.2. The number of carbonyl (C=O) groups is 2. The van der Waals surface area contributed by atoms with Crippen LogP contribution in [-0.2, 0) is 11.3 Å². The molecular weight excluding hydrogens is 448 g/mol. The summed E-state index contributed by atoms with van der Waals surface area (Å²) in [4.78, 5) is 27.4. The number of aryl methyl sites for hydroxylation is 1. The van der Waals surface area contributed by atoms with Crippen LogP contribution >= 0.6 is 23.4 Å². The molecule has 0 unspecified atom stereocenters. The second-order valence-corrected chi connectivity index (χ2v) is 9.95. The van der Waals surface area contributed by atoms with Crippen LogP contribution in [0.1, 0.15) is 60.7 Å². The summed E-state index contributed by atoms with van der Waals surface area (Å²) in [5.74, 6) is 0.847. The molecule has 168 valence electrons. The molecule has 32 heavy (non-hydrogen) atoms. The van der Waals surface area contributed by atoms with Crippen molar-refractivity contribution in [3.05, 3.63) is 50.6 Å². The fourth-order valence-corrected chi connectivity index (χ4v) is 5.92. The van der Waals surface area contributed by atoms with Gasteiger partial charge in [0.25, 0.3) is 11.1 Å². The highest BCUT2D eigenvalue weighted by atomic mass is 35.5. The normalized spacial score (nSPS) is 20.1. The van der Waals surface area contributed by atoms with Crippen LogP contribution < -0.4 is 9.47 Å². The number of aromatic nitrogens is 1. The van der Waals surface area contributed by atoms with Crippen LogP contribution in [0.15, 0.2) is 23.1 Å². The first-order valence-electron chi connectivity index (χ1n) is 10.9. The topological polar surface area (TPSA) is 60.8 Å². The average Bonchev–Trinajstić information content (AvgIpc) is 3.41. The number of fused-ring (bicyclic) bond motifs is 1. The molecule has 2 amide bonds. The minimum absolute atomic E-state index is 0.0958. The van der Waals surface area contributed by atoms with E-state index in [0.717, 1.165) is 23.0 Å². The molecule has 3 heterocycles. The Balaban J connectivity index is 1.39. The minimum Gasteiger partial charge on any atom is -0.454 e. The van der Waals surface area contributed by atoms with Crippen molar-refractivity contribution >= 4 is 40.6 Å². The largest absolute Gasteiger partial charge is 0.454 e. The molecule has 1 saturated heterocycles. The van der Waals surface area contributed by atoms with E-state index in [-0.39, 0.29) is 24.5 Å². The SMILES string of the molecule is Cc1cc(/C=C2\SC(=O)N(Cc3cc4c(cc3Cl)OCO4)C2=O)c(C)n1C1CCCCC1. The molecule has 1 saturated carbocycles. The summed E-state index contributed by atoms with van der Waals surface area (Å²) in [5, 5.41) is 0.143. The van der Waals surface area contributed by atoms with Crippen molar-refractivity contribution in [2.75, 3.05) is 6.79 Å². The van der Waals surface area contributed by atoms with Gasteiger partial charge in [0.05, 0.1) is 11.4 Å². The summed E-state index contributed by atoms with van der Waals surface area (Å²) in [7, 11) is 0. The second-order valence-electron chi connectivity index (χ2n) is 8.55. The van der Waals surface area contributed by atoms with Crippen molar-refractivity contribution < 1.29 is 19.1 Å². The molecule has 1 aromatic heterocycles. The number of rotatable bonds is 4.